The van der Waals surface area contributed by atoms with Gasteiger partial charge in [-0.3, -0.25) is 0 Å². The van der Waals surface area contributed by atoms with Gasteiger partial charge in [0, 0.05) is 25.2 Å². The lowest BCUT2D eigenvalue weighted by molar-refractivity contribution is 0.229. The number of benzene rings is 1. The Kier molecular flexibility index (Phi) is 5.55. The minimum atomic E-state index is -0.573. The number of hydrogen-bond acceptors (Lipinski definition) is 2. The van der Waals surface area contributed by atoms with E-state index in [1.54, 1.807) is 0 Å². The molecule has 0 amide bonds. The summed E-state index contributed by atoms with van der Waals surface area (Å²) in [5, 5.41) is 2.97. The first-order chi connectivity index (χ1) is 9.16. The summed E-state index contributed by atoms with van der Waals surface area (Å²) < 4.78 is 26.7. The third-order valence-electron chi connectivity index (χ3n) is 3.46. The highest BCUT2D eigenvalue weighted by atomic mass is 35.5. The number of piperidine rings is 1. The van der Waals surface area contributed by atoms with Crippen LogP contribution >= 0.6 is 11.6 Å². The van der Waals surface area contributed by atoms with Crippen LogP contribution in [0, 0.1) is 11.6 Å². The first kappa shape index (κ1) is 14.7. The zero-order valence-electron chi connectivity index (χ0n) is 10.9. The standard InChI is InChI=1S/C14H19ClF2N2/c15-12-9-13(16)11(8-14(12)17)10-18-4-7-19-5-2-1-3-6-19/h8-9,18H,1-7,10H2. The molecule has 1 aromatic rings. The second-order valence-corrected chi connectivity index (χ2v) is 5.34. The smallest absolute Gasteiger partial charge is 0.142 e. The second-order valence-electron chi connectivity index (χ2n) is 4.94. The molecule has 0 aliphatic carbocycles. The summed E-state index contributed by atoms with van der Waals surface area (Å²) in [7, 11) is 0. The van der Waals surface area contributed by atoms with E-state index in [0.717, 1.165) is 38.3 Å². The van der Waals surface area contributed by atoms with Crippen LogP contribution in [0.25, 0.3) is 0 Å². The Balaban J connectivity index is 1.74. The van der Waals surface area contributed by atoms with E-state index in [9.17, 15) is 8.78 Å². The highest BCUT2D eigenvalue weighted by Gasteiger charge is 2.10. The predicted octanol–water partition coefficient (Wildman–Crippen LogP) is 3.19. The molecule has 5 heteroatoms. The van der Waals surface area contributed by atoms with E-state index >= 15 is 0 Å². The largest absolute Gasteiger partial charge is 0.311 e. The molecule has 1 aliphatic rings. The van der Waals surface area contributed by atoms with E-state index in [1.165, 1.54) is 19.3 Å². The average molecular weight is 289 g/mol. The minimum absolute atomic E-state index is 0.172. The van der Waals surface area contributed by atoms with Crippen LogP contribution in [0.3, 0.4) is 0 Å². The third-order valence-corrected chi connectivity index (χ3v) is 3.75. The number of hydrogen-bond donors (Lipinski definition) is 1. The van der Waals surface area contributed by atoms with E-state index < -0.39 is 11.6 Å². The first-order valence-electron chi connectivity index (χ1n) is 6.73. The van der Waals surface area contributed by atoms with Crippen molar-refractivity contribution in [3.63, 3.8) is 0 Å². The van der Waals surface area contributed by atoms with Crippen LogP contribution in [0.4, 0.5) is 8.78 Å². The lowest BCUT2D eigenvalue weighted by Crippen LogP contribution is -2.35. The maximum Gasteiger partial charge on any atom is 0.142 e. The monoisotopic (exact) mass is 288 g/mol. The lowest BCUT2D eigenvalue weighted by atomic mass is 10.1. The molecular weight excluding hydrogens is 270 g/mol. The fraction of sp³-hybridized carbons (Fsp3) is 0.571. The van der Waals surface area contributed by atoms with Crippen molar-refractivity contribution in [1.29, 1.82) is 0 Å². The van der Waals surface area contributed by atoms with Crippen molar-refractivity contribution in [1.82, 2.24) is 10.2 Å². The van der Waals surface area contributed by atoms with E-state index in [1.807, 2.05) is 0 Å². The third kappa shape index (κ3) is 4.41. The molecule has 1 saturated heterocycles. The van der Waals surface area contributed by atoms with Gasteiger partial charge in [-0.2, -0.15) is 0 Å². The van der Waals surface area contributed by atoms with Crippen molar-refractivity contribution in [2.45, 2.75) is 25.8 Å². The van der Waals surface area contributed by atoms with Crippen molar-refractivity contribution >= 4 is 11.6 Å². The molecule has 1 fully saturated rings. The van der Waals surface area contributed by atoms with Crippen molar-refractivity contribution in [3.8, 4) is 0 Å². The number of halogens is 3. The Labute approximate surface area is 117 Å². The lowest BCUT2D eigenvalue weighted by Gasteiger charge is -2.26. The van der Waals surface area contributed by atoms with Gasteiger partial charge in [0.1, 0.15) is 11.6 Å². The van der Waals surface area contributed by atoms with Crippen molar-refractivity contribution in [2.24, 2.45) is 0 Å². The van der Waals surface area contributed by atoms with Gasteiger partial charge in [-0.25, -0.2) is 8.78 Å². The fourth-order valence-corrected chi connectivity index (χ4v) is 2.49. The summed E-state index contributed by atoms with van der Waals surface area (Å²) in [6, 6.07) is 2.18. The van der Waals surface area contributed by atoms with Gasteiger partial charge < -0.3 is 10.2 Å². The highest BCUT2D eigenvalue weighted by molar-refractivity contribution is 6.30. The molecule has 1 aromatic carbocycles. The maximum atomic E-state index is 13.5. The van der Waals surface area contributed by atoms with Gasteiger partial charge in [0.05, 0.1) is 5.02 Å². The molecule has 0 radical (unpaired) electrons. The van der Waals surface area contributed by atoms with Gasteiger partial charge in [-0.05, 0) is 38.1 Å². The molecule has 0 spiro atoms. The summed E-state index contributed by atoms with van der Waals surface area (Å²) in [5.74, 6) is -1.03. The summed E-state index contributed by atoms with van der Waals surface area (Å²) in [6.45, 7) is 4.35. The van der Waals surface area contributed by atoms with E-state index in [-0.39, 0.29) is 5.02 Å². The van der Waals surface area contributed by atoms with Crippen LogP contribution in [0.2, 0.25) is 5.02 Å². The van der Waals surface area contributed by atoms with Crippen LogP contribution in [-0.4, -0.2) is 31.1 Å². The summed E-state index contributed by atoms with van der Waals surface area (Å²) in [4.78, 5) is 2.40. The first-order valence-corrected chi connectivity index (χ1v) is 7.11. The molecule has 1 N–H and O–H groups in total. The van der Waals surface area contributed by atoms with Crippen molar-refractivity contribution in [2.75, 3.05) is 26.2 Å². The van der Waals surface area contributed by atoms with Crippen molar-refractivity contribution in [3.05, 3.63) is 34.4 Å². The quantitative estimate of drug-likeness (QED) is 0.661. The summed E-state index contributed by atoms with van der Waals surface area (Å²) in [5.41, 5.74) is 0.320. The summed E-state index contributed by atoms with van der Waals surface area (Å²) >= 11 is 5.51. The molecule has 19 heavy (non-hydrogen) atoms. The highest BCUT2D eigenvalue weighted by Crippen LogP contribution is 2.19. The van der Waals surface area contributed by atoms with E-state index in [0.29, 0.717) is 12.1 Å². The normalized spacial score (nSPS) is 16.8. The molecule has 1 heterocycles. The molecule has 0 bridgehead atoms. The molecular formula is C14H19ClF2N2. The van der Waals surface area contributed by atoms with Gasteiger partial charge in [0.2, 0.25) is 0 Å². The molecule has 0 atom stereocenters. The van der Waals surface area contributed by atoms with Gasteiger partial charge >= 0.3 is 0 Å². The Morgan fingerprint density at radius 3 is 2.58 bits per heavy atom. The summed E-state index contributed by atoms with van der Waals surface area (Å²) in [6.07, 6.45) is 3.84. The Morgan fingerprint density at radius 1 is 1.11 bits per heavy atom. The van der Waals surface area contributed by atoms with Gasteiger partial charge in [0.25, 0.3) is 0 Å². The number of nitrogens with one attached hydrogen (secondary N) is 1. The van der Waals surface area contributed by atoms with E-state index in [2.05, 4.69) is 10.2 Å². The molecule has 106 valence electrons. The van der Waals surface area contributed by atoms with E-state index in [4.69, 9.17) is 11.6 Å². The Bertz CT molecular complexity index is 420. The van der Waals surface area contributed by atoms with Gasteiger partial charge in [-0.1, -0.05) is 18.0 Å². The fourth-order valence-electron chi connectivity index (χ4n) is 2.34. The topological polar surface area (TPSA) is 15.3 Å². The zero-order valence-corrected chi connectivity index (χ0v) is 11.6. The molecule has 0 unspecified atom stereocenters. The maximum absolute atomic E-state index is 13.5. The molecule has 0 aromatic heterocycles. The van der Waals surface area contributed by atoms with Crippen LogP contribution in [0.1, 0.15) is 24.8 Å². The SMILES string of the molecule is Fc1cc(CNCCN2CCCCC2)c(F)cc1Cl. The minimum Gasteiger partial charge on any atom is -0.311 e. The number of nitrogens with zero attached hydrogens (tertiary/aromatic N) is 1. The van der Waals surface area contributed by atoms with Crippen LogP contribution in [0.15, 0.2) is 12.1 Å². The number of likely N-dealkylation sites (tertiary alicyclic amines) is 1. The molecule has 2 nitrogen and oxygen atoms in total. The Morgan fingerprint density at radius 2 is 1.84 bits per heavy atom. The van der Waals surface area contributed by atoms with Crippen LogP contribution < -0.4 is 5.32 Å². The van der Waals surface area contributed by atoms with Gasteiger partial charge in [-0.15, -0.1) is 0 Å². The number of rotatable bonds is 5. The van der Waals surface area contributed by atoms with Gasteiger partial charge in [0.15, 0.2) is 0 Å². The predicted molar refractivity (Wildman–Crippen MR) is 73.4 cm³/mol. The molecule has 0 saturated carbocycles. The van der Waals surface area contributed by atoms with Crippen LogP contribution in [-0.2, 0) is 6.54 Å². The average Bonchev–Trinajstić information content (AvgIpc) is 2.41. The second kappa shape index (κ2) is 7.17. The van der Waals surface area contributed by atoms with Crippen molar-refractivity contribution < 1.29 is 8.78 Å². The Hall–Kier alpha value is -0.710. The van der Waals surface area contributed by atoms with Crippen LogP contribution in [0.5, 0.6) is 0 Å². The molecule has 2 rings (SSSR count). The zero-order chi connectivity index (χ0) is 13.7. The molecule has 1 aliphatic heterocycles.